The van der Waals surface area contributed by atoms with Crippen molar-refractivity contribution in [1.82, 2.24) is 0 Å². The topological polar surface area (TPSA) is 56.8 Å². The van der Waals surface area contributed by atoms with E-state index in [0.29, 0.717) is 40.1 Å². The highest BCUT2D eigenvalue weighted by atomic mass is 35.5. The van der Waals surface area contributed by atoms with Crippen LogP contribution in [-0.4, -0.2) is 12.5 Å². The molecule has 0 spiro atoms. The molecule has 0 fully saturated rings. The number of carbonyl (C=O) groups excluding carboxylic acids is 1. The Hall–Kier alpha value is -3.96. The third-order valence-electron chi connectivity index (χ3n) is 4.93. The Bertz CT molecular complexity index is 1240. The first kappa shape index (κ1) is 23.2. The first-order chi connectivity index (χ1) is 16.6. The third kappa shape index (κ3) is 6.09. The molecule has 0 radical (unpaired) electrons. The minimum Gasteiger partial charge on any atom is -0.493 e. The van der Waals surface area contributed by atoms with Gasteiger partial charge in [-0.2, -0.15) is 0 Å². The summed E-state index contributed by atoms with van der Waals surface area (Å²) in [6.07, 6.45) is 0. The number of hydrogen-bond donors (Lipinski definition) is 1. The van der Waals surface area contributed by atoms with Crippen LogP contribution in [0.3, 0.4) is 0 Å². The van der Waals surface area contributed by atoms with Gasteiger partial charge >= 0.3 is 0 Å². The lowest BCUT2D eigenvalue weighted by Crippen LogP contribution is -2.13. The molecule has 0 aromatic heterocycles. The van der Waals surface area contributed by atoms with Crippen LogP contribution in [0.15, 0.2) is 97.1 Å². The molecular weight excluding hydrogens is 450 g/mol. The van der Waals surface area contributed by atoms with Crippen LogP contribution in [0.1, 0.15) is 22.8 Å². The Morgan fingerprint density at radius 3 is 2.24 bits per heavy atom. The number of para-hydroxylation sites is 2. The summed E-state index contributed by atoms with van der Waals surface area (Å²) in [4.78, 5) is 12.9. The maximum absolute atomic E-state index is 12.9. The Morgan fingerprint density at radius 1 is 0.794 bits per heavy atom. The van der Waals surface area contributed by atoms with Crippen molar-refractivity contribution in [1.29, 1.82) is 0 Å². The monoisotopic (exact) mass is 473 g/mol. The predicted octanol–water partition coefficient (Wildman–Crippen LogP) is 7.36. The molecule has 4 rings (SSSR count). The molecule has 34 heavy (non-hydrogen) atoms. The van der Waals surface area contributed by atoms with E-state index in [2.05, 4.69) is 5.32 Å². The van der Waals surface area contributed by atoms with E-state index in [4.69, 9.17) is 25.8 Å². The minimum atomic E-state index is -0.237. The zero-order chi connectivity index (χ0) is 23.8. The SMILES string of the molecule is CCOc1ccc(C(=O)Nc2ccc(Oc3ccccc3)cc2)cc1COc1ccccc1Cl. The molecule has 172 valence electrons. The molecule has 4 aromatic carbocycles. The number of ether oxygens (including phenoxy) is 3. The standard InChI is InChI=1S/C28H24ClNO4/c1-2-32-26-17-12-20(18-21(26)19-33-27-11-7-6-10-25(27)29)28(31)30-22-13-15-24(16-14-22)34-23-8-4-3-5-9-23/h3-18H,2,19H2,1H3,(H,30,31). The molecule has 0 bridgehead atoms. The van der Waals surface area contributed by atoms with E-state index in [1.807, 2.05) is 61.5 Å². The van der Waals surface area contributed by atoms with Crippen molar-refractivity contribution in [3.05, 3.63) is 113 Å². The quantitative estimate of drug-likeness (QED) is 0.276. The molecule has 0 aliphatic heterocycles. The number of rotatable bonds is 9. The normalized spacial score (nSPS) is 10.4. The molecule has 0 aliphatic rings. The number of amides is 1. The van der Waals surface area contributed by atoms with Crippen molar-refractivity contribution < 1.29 is 19.0 Å². The molecule has 0 saturated carbocycles. The lowest BCUT2D eigenvalue weighted by molar-refractivity contribution is 0.102. The molecular formula is C28H24ClNO4. The van der Waals surface area contributed by atoms with Crippen LogP contribution in [0.5, 0.6) is 23.0 Å². The molecule has 5 nitrogen and oxygen atoms in total. The summed E-state index contributed by atoms with van der Waals surface area (Å²) >= 11 is 6.19. The number of halogens is 1. The highest BCUT2D eigenvalue weighted by Gasteiger charge is 2.13. The third-order valence-corrected chi connectivity index (χ3v) is 5.25. The molecule has 0 unspecified atom stereocenters. The molecule has 0 saturated heterocycles. The first-order valence-corrected chi connectivity index (χ1v) is 11.3. The second kappa shape index (κ2) is 11.3. The summed E-state index contributed by atoms with van der Waals surface area (Å²) in [6.45, 7) is 2.62. The predicted molar refractivity (Wildman–Crippen MR) is 134 cm³/mol. The second-order valence-electron chi connectivity index (χ2n) is 7.37. The van der Waals surface area contributed by atoms with E-state index in [-0.39, 0.29) is 12.5 Å². The number of anilines is 1. The van der Waals surface area contributed by atoms with Gasteiger partial charge in [-0.3, -0.25) is 4.79 Å². The Kier molecular flexibility index (Phi) is 7.68. The number of carbonyl (C=O) groups is 1. The smallest absolute Gasteiger partial charge is 0.255 e. The van der Waals surface area contributed by atoms with Gasteiger partial charge in [-0.25, -0.2) is 0 Å². The van der Waals surface area contributed by atoms with Gasteiger partial charge in [0.05, 0.1) is 11.6 Å². The summed E-state index contributed by atoms with van der Waals surface area (Å²) < 4.78 is 17.4. The lowest BCUT2D eigenvalue weighted by atomic mass is 10.1. The maximum atomic E-state index is 12.9. The van der Waals surface area contributed by atoms with Gasteiger partial charge in [-0.15, -0.1) is 0 Å². The van der Waals surface area contributed by atoms with Crippen molar-refractivity contribution in [3.8, 4) is 23.0 Å². The van der Waals surface area contributed by atoms with Gasteiger partial charge in [0.1, 0.15) is 29.6 Å². The van der Waals surface area contributed by atoms with Crippen molar-refractivity contribution in [3.63, 3.8) is 0 Å². The van der Waals surface area contributed by atoms with Gasteiger partial charge < -0.3 is 19.5 Å². The van der Waals surface area contributed by atoms with Gasteiger partial charge in [-0.05, 0) is 73.7 Å². The zero-order valence-electron chi connectivity index (χ0n) is 18.7. The summed E-state index contributed by atoms with van der Waals surface area (Å²) in [5, 5.41) is 3.44. The van der Waals surface area contributed by atoms with Gasteiger partial charge in [0.2, 0.25) is 0 Å². The maximum Gasteiger partial charge on any atom is 0.255 e. The molecule has 1 N–H and O–H groups in total. The van der Waals surface area contributed by atoms with E-state index in [1.54, 1.807) is 42.5 Å². The minimum absolute atomic E-state index is 0.214. The van der Waals surface area contributed by atoms with E-state index < -0.39 is 0 Å². The van der Waals surface area contributed by atoms with Gasteiger partial charge in [0.25, 0.3) is 5.91 Å². The lowest BCUT2D eigenvalue weighted by Gasteiger charge is -2.14. The van der Waals surface area contributed by atoms with E-state index in [1.165, 1.54) is 0 Å². The van der Waals surface area contributed by atoms with Crippen LogP contribution in [-0.2, 0) is 6.61 Å². The van der Waals surface area contributed by atoms with Crippen LogP contribution in [0.2, 0.25) is 5.02 Å². The van der Waals surface area contributed by atoms with E-state index >= 15 is 0 Å². The van der Waals surface area contributed by atoms with Crippen LogP contribution < -0.4 is 19.5 Å². The molecule has 1 amide bonds. The molecule has 0 aliphatic carbocycles. The van der Waals surface area contributed by atoms with Gasteiger partial charge in [0, 0.05) is 16.8 Å². The van der Waals surface area contributed by atoms with E-state index in [9.17, 15) is 4.79 Å². The van der Waals surface area contributed by atoms with Crippen LogP contribution in [0.4, 0.5) is 5.69 Å². The summed E-state index contributed by atoms with van der Waals surface area (Å²) in [5.74, 6) is 2.43. The summed E-state index contributed by atoms with van der Waals surface area (Å²) in [6, 6.07) is 29.3. The zero-order valence-corrected chi connectivity index (χ0v) is 19.4. The van der Waals surface area contributed by atoms with Gasteiger partial charge in [0.15, 0.2) is 0 Å². The van der Waals surface area contributed by atoms with Crippen LogP contribution >= 0.6 is 11.6 Å². The molecule has 4 aromatic rings. The van der Waals surface area contributed by atoms with Crippen molar-refractivity contribution >= 4 is 23.2 Å². The fraction of sp³-hybridized carbons (Fsp3) is 0.107. The summed E-state index contributed by atoms with van der Waals surface area (Å²) in [7, 11) is 0. The van der Waals surface area contributed by atoms with Crippen LogP contribution in [0.25, 0.3) is 0 Å². The van der Waals surface area contributed by atoms with Crippen LogP contribution in [0, 0.1) is 0 Å². The van der Waals surface area contributed by atoms with Gasteiger partial charge in [-0.1, -0.05) is 41.9 Å². The largest absolute Gasteiger partial charge is 0.493 e. The molecule has 0 heterocycles. The Labute approximate surface area is 203 Å². The number of hydrogen-bond acceptors (Lipinski definition) is 4. The average Bonchev–Trinajstić information content (AvgIpc) is 2.86. The second-order valence-corrected chi connectivity index (χ2v) is 7.78. The Morgan fingerprint density at radius 2 is 1.50 bits per heavy atom. The van der Waals surface area contributed by atoms with E-state index in [0.717, 1.165) is 11.3 Å². The number of benzene rings is 4. The average molecular weight is 474 g/mol. The highest BCUT2D eigenvalue weighted by molar-refractivity contribution is 6.32. The van der Waals surface area contributed by atoms with Crippen molar-refractivity contribution in [2.24, 2.45) is 0 Å². The highest BCUT2D eigenvalue weighted by Crippen LogP contribution is 2.28. The van der Waals surface area contributed by atoms with Crippen molar-refractivity contribution in [2.45, 2.75) is 13.5 Å². The number of nitrogens with one attached hydrogen (secondary N) is 1. The molecule has 6 heteroatoms. The molecule has 0 atom stereocenters. The van der Waals surface area contributed by atoms with Crippen molar-refractivity contribution in [2.75, 3.05) is 11.9 Å². The fourth-order valence-corrected chi connectivity index (χ4v) is 3.47. The first-order valence-electron chi connectivity index (χ1n) is 10.9. The Balaban J connectivity index is 1.45. The fourth-order valence-electron chi connectivity index (χ4n) is 3.28. The summed E-state index contributed by atoms with van der Waals surface area (Å²) in [5.41, 5.74) is 1.90.